The Morgan fingerprint density at radius 1 is 1.08 bits per heavy atom. The molecule has 1 aromatic carbocycles. The monoisotopic (exact) mass is 522 g/mol. The van der Waals surface area contributed by atoms with E-state index in [2.05, 4.69) is 31.2 Å². The SMILES string of the molecule is N#C[C@]1(c2ccc(-c3ccc(N4C[C@H](Cn5ccnn5)OC4=O)cc3F)cn2)[C@@H]2CN(c3ccccn3)C[C@@H]21. The normalized spacial score (nSPS) is 25.3. The van der Waals surface area contributed by atoms with Gasteiger partial charge in [-0.3, -0.25) is 9.88 Å². The smallest absolute Gasteiger partial charge is 0.414 e. The van der Waals surface area contributed by atoms with Gasteiger partial charge in [-0.25, -0.2) is 18.9 Å². The highest BCUT2D eigenvalue weighted by molar-refractivity contribution is 5.90. The number of piperidine rings is 1. The van der Waals surface area contributed by atoms with Crippen LogP contribution in [-0.2, 0) is 16.7 Å². The third-order valence-electron chi connectivity index (χ3n) is 8.04. The Labute approximate surface area is 223 Å². The van der Waals surface area contributed by atoms with E-state index in [-0.39, 0.29) is 18.4 Å². The highest BCUT2D eigenvalue weighted by atomic mass is 19.1. The van der Waals surface area contributed by atoms with Crippen molar-refractivity contribution in [1.82, 2.24) is 25.0 Å². The lowest BCUT2D eigenvalue weighted by molar-refractivity contribution is 0.129. The van der Waals surface area contributed by atoms with Gasteiger partial charge in [-0.15, -0.1) is 5.10 Å². The fourth-order valence-corrected chi connectivity index (χ4v) is 6.03. The Bertz CT molecular complexity index is 1560. The number of carbonyl (C=O) groups excluding carboxylic acids is 1. The second kappa shape index (κ2) is 8.87. The van der Waals surface area contributed by atoms with Gasteiger partial charge in [-0.2, -0.15) is 5.26 Å². The third kappa shape index (κ3) is 3.79. The molecule has 11 heteroatoms. The first kappa shape index (κ1) is 23.3. The van der Waals surface area contributed by atoms with Crippen LogP contribution in [0.1, 0.15) is 5.69 Å². The Morgan fingerprint density at radius 2 is 1.95 bits per heavy atom. The Kier molecular flexibility index (Phi) is 5.30. The number of fused-ring (bicyclic) bond motifs is 1. The molecule has 0 spiro atoms. The summed E-state index contributed by atoms with van der Waals surface area (Å²) in [6, 6.07) is 16.7. The summed E-state index contributed by atoms with van der Waals surface area (Å²) >= 11 is 0. The Hall–Kier alpha value is -4.85. The number of anilines is 2. The molecule has 1 saturated carbocycles. The number of halogens is 1. The first-order valence-electron chi connectivity index (χ1n) is 12.7. The minimum Gasteiger partial charge on any atom is -0.442 e. The lowest BCUT2D eigenvalue weighted by Crippen LogP contribution is -2.30. The molecule has 2 aliphatic heterocycles. The van der Waals surface area contributed by atoms with Crippen molar-refractivity contribution in [3.05, 3.63) is 84.8 Å². The summed E-state index contributed by atoms with van der Waals surface area (Å²) in [5, 5.41) is 17.8. The van der Waals surface area contributed by atoms with E-state index in [1.54, 1.807) is 41.6 Å². The predicted molar refractivity (Wildman–Crippen MR) is 138 cm³/mol. The average molecular weight is 523 g/mol. The Morgan fingerprint density at radius 3 is 2.62 bits per heavy atom. The van der Waals surface area contributed by atoms with Gasteiger partial charge in [0.15, 0.2) is 0 Å². The zero-order chi connectivity index (χ0) is 26.6. The van der Waals surface area contributed by atoms with E-state index in [1.165, 1.54) is 11.0 Å². The number of rotatable bonds is 6. The van der Waals surface area contributed by atoms with Gasteiger partial charge in [0.1, 0.15) is 23.2 Å². The Balaban J connectivity index is 1.05. The number of pyridine rings is 2. The standard InChI is InChI=1S/C28H23FN8O2/c29-24-11-19(37-14-20(39-27(37)38)13-36-10-9-33-34-36)5-6-21(24)18-4-7-25(32-12-18)28(17-30)22-15-35(16-23(22)28)26-3-1-2-8-31-26/h1-12,20,22-23H,13-16H2/t20-,22-,23+,28+/m0/s1. The lowest BCUT2D eigenvalue weighted by Gasteiger charge is -2.23. The van der Waals surface area contributed by atoms with E-state index in [0.717, 1.165) is 24.6 Å². The van der Waals surface area contributed by atoms with E-state index < -0.39 is 23.4 Å². The quantitative estimate of drug-likeness (QED) is 0.379. The van der Waals surface area contributed by atoms with Gasteiger partial charge in [0.05, 0.1) is 36.7 Å². The van der Waals surface area contributed by atoms with E-state index >= 15 is 4.39 Å². The molecular weight excluding hydrogens is 499 g/mol. The number of hydrogen-bond acceptors (Lipinski definition) is 8. The second-order valence-electron chi connectivity index (χ2n) is 10.1. The second-order valence-corrected chi connectivity index (χ2v) is 10.1. The van der Waals surface area contributed by atoms with Gasteiger partial charge in [0, 0.05) is 54.6 Å². The minimum absolute atomic E-state index is 0.187. The first-order valence-corrected chi connectivity index (χ1v) is 12.7. The zero-order valence-corrected chi connectivity index (χ0v) is 20.8. The number of benzene rings is 1. The molecule has 10 nitrogen and oxygen atoms in total. The van der Waals surface area contributed by atoms with Crippen LogP contribution in [0.3, 0.4) is 0 Å². The van der Waals surface area contributed by atoms with Gasteiger partial charge in [-0.1, -0.05) is 17.3 Å². The fraction of sp³-hybridized carbons (Fsp3) is 0.286. The molecule has 4 atom stereocenters. The number of nitrogens with zero attached hydrogens (tertiary/aromatic N) is 8. The number of hydrogen-bond donors (Lipinski definition) is 0. The number of nitriles is 1. The van der Waals surface area contributed by atoms with Crippen LogP contribution in [0.2, 0.25) is 0 Å². The van der Waals surface area contributed by atoms with Crippen molar-refractivity contribution < 1.29 is 13.9 Å². The predicted octanol–water partition coefficient (Wildman–Crippen LogP) is 3.43. The summed E-state index contributed by atoms with van der Waals surface area (Å²) in [4.78, 5) is 25.1. The molecule has 0 N–H and O–H groups in total. The summed E-state index contributed by atoms with van der Waals surface area (Å²) in [6.07, 6.45) is 5.69. The van der Waals surface area contributed by atoms with Crippen molar-refractivity contribution in [2.24, 2.45) is 11.8 Å². The number of carbonyl (C=O) groups is 1. The molecule has 3 fully saturated rings. The molecule has 0 radical (unpaired) electrons. The molecule has 1 amide bonds. The maximum Gasteiger partial charge on any atom is 0.414 e. The van der Waals surface area contributed by atoms with Crippen molar-refractivity contribution >= 4 is 17.6 Å². The molecular formula is C28H23FN8O2. The van der Waals surface area contributed by atoms with Gasteiger partial charge in [0.25, 0.3) is 0 Å². The molecule has 7 rings (SSSR count). The maximum atomic E-state index is 15.2. The lowest BCUT2D eigenvalue weighted by atomic mass is 9.95. The fourth-order valence-electron chi connectivity index (χ4n) is 6.03. The van der Waals surface area contributed by atoms with Crippen molar-refractivity contribution in [3.63, 3.8) is 0 Å². The molecule has 3 aliphatic rings. The largest absolute Gasteiger partial charge is 0.442 e. The molecule has 3 aromatic heterocycles. The van der Waals surface area contributed by atoms with Crippen LogP contribution in [0, 0.1) is 29.0 Å². The van der Waals surface area contributed by atoms with Gasteiger partial charge in [-0.05, 0) is 36.4 Å². The maximum absolute atomic E-state index is 15.2. The molecule has 1 aliphatic carbocycles. The van der Waals surface area contributed by atoms with E-state index in [4.69, 9.17) is 4.74 Å². The van der Waals surface area contributed by atoms with E-state index in [0.29, 0.717) is 23.4 Å². The molecule has 0 bridgehead atoms. The first-order chi connectivity index (χ1) is 19.1. The summed E-state index contributed by atoms with van der Waals surface area (Å²) in [7, 11) is 0. The van der Waals surface area contributed by atoms with Crippen LogP contribution in [-0.4, -0.2) is 56.8 Å². The zero-order valence-electron chi connectivity index (χ0n) is 20.8. The number of aromatic nitrogens is 5. The van der Waals surface area contributed by atoms with E-state index in [1.807, 2.05) is 30.3 Å². The van der Waals surface area contributed by atoms with Crippen LogP contribution in [0.15, 0.2) is 73.3 Å². The average Bonchev–Trinajstić information content (AvgIpc) is 3.47. The number of amides is 1. The van der Waals surface area contributed by atoms with Gasteiger partial charge >= 0.3 is 6.09 Å². The van der Waals surface area contributed by atoms with Crippen LogP contribution in [0.4, 0.5) is 20.7 Å². The van der Waals surface area contributed by atoms with Crippen molar-refractivity contribution in [1.29, 1.82) is 5.26 Å². The van der Waals surface area contributed by atoms with Gasteiger partial charge < -0.3 is 9.64 Å². The van der Waals surface area contributed by atoms with Crippen LogP contribution in [0.5, 0.6) is 0 Å². The van der Waals surface area contributed by atoms with Crippen molar-refractivity contribution in [3.8, 4) is 17.2 Å². The van der Waals surface area contributed by atoms with Gasteiger partial charge in [0.2, 0.25) is 0 Å². The van der Waals surface area contributed by atoms with Crippen molar-refractivity contribution in [2.45, 2.75) is 18.1 Å². The molecule has 5 heterocycles. The highest BCUT2D eigenvalue weighted by Crippen LogP contribution is 2.63. The van der Waals surface area contributed by atoms with Crippen LogP contribution < -0.4 is 9.80 Å². The van der Waals surface area contributed by atoms with Crippen LogP contribution in [0.25, 0.3) is 11.1 Å². The number of ether oxygens (including phenoxy) is 1. The molecule has 4 aromatic rings. The summed E-state index contributed by atoms with van der Waals surface area (Å²) in [5.41, 5.74) is 1.49. The number of cyclic esters (lactones) is 1. The third-order valence-corrected chi connectivity index (χ3v) is 8.04. The molecule has 0 unspecified atom stereocenters. The molecule has 39 heavy (non-hydrogen) atoms. The van der Waals surface area contributed by atoms with E-state index in [9.17, 15) is 10.1 Å². The summed E-state index contributed by atoms with van der Waals surface area (Å²) in [6.45, 7) is 2.17. The topological polar surface area (TPSA) is 113 Å². The van der Waals surface area contributed by atoms with Crippen molar-refractivity contribution in [2.75, 3.05) is 29.4 Å². The minimum atomic E-state index is -0.620. The molecule has 2 saturated heterocycles. The molecule has 194 valence electrons. The summed E-state index contributed by atoms with van der Waals surface area (Å²) in [5.74, 6) is 0.825. The highest BCUT2D eigenvalue weighted by Gasteiger charge is 2.71. The summed E-state index contributed by atoms with van der Waals surface area (Å²) < 4.78 is 22.2. The van der Waals surface area contributed by atoms with Crippen LogP contribution >= 0.6 is 0 Å².